The van der Waals surface area contributed by atoms with Crippen LogP contribution in [0.5, 0.6) is 5.75 Å². The second-order valence-corrected chi connectivity index (χ2v) is 14.4. The van der Waals surface area contributed by atoms with Crippen molar-refractivity contribution in [2.45, 2.75) is 73.1 Å². The molecule has 0 bridgehead atoms. The Labute approximate surface area is 267 Å². The molecule has 0 unspecified atom stereocenters. The van der Waals surface area contributed by atoms with Gasteiger partial charge in [-0.25, -0.2) is 4.98 Å². The lowest BCUT2D eigenvalue weighted by Crippen LogP contribution is -2.13. The number of nitrogens with zero attached hydrogens (tertiary/aromatic N) is 3. The average molecular weight is 594 g/mol. The number of benzene rings is 4. The van der Waals surface area contributed by atoms with Crippen LogP contribution in [-0.4, -0.2) is 19.6 Å². The van der Waals surface area contributed by atoms with Crippen molar-refractivity contribution in [1.82, 2.24) is 14.5 Å². The zero-order valence-corrected chi connectivity index (χ0v) is 27.9. The van der Waals surface area contributed by atoms with Crippen LogP contribution >= 0.6 is 0 Å². The zero-order chi connectivity index (χ0) is 32.3. The molecule has 4 heteroatoms. The third-order valence-corrected chi connectivity index (χ3v) is 8.70. The van der Waals surface area contributed by atoms with Crippen molar-refractivity contribution >= 4 is 11.0 Å². The third-order valence-electron chi connectivity index (χ3n) is 8.70. The number of hydrogen-bond donors (Lipinski definition) is 1. The SMILES string of the molecule is Cc1cc(C)c(-n2c(-c3ccccc3O)nc3c(-c4cc(-c5ccccn5)cc(C(C)(C)C)c4)cc(C(C)(C)C)cc32)c(C)c1. The molecule has 228 valence electrons. The highest BCUT2D eigenvalue weighted by Gasteiger charge is 2.26. The largest absolute Gasteiger partial charge is 0.507 e. The molecule has 6 aromatic rings. The van der Waals surface area contributed by atoms with Gasteiger partial charge in [-0.05, 0) is 108 Å². The summed E-state index contributed by atoms with van der Waals surface area (Å²) < 4.78 is 2.26. The number of pyridine rings is 1. The van der Waals surface area contributed by atoms with E-state index in [9.17, 15) is 5.11 Å². The van der Waals surface area contributed by atoms with E-state index in [2.05, 4.69) is 115 Å². The minimum atomic E-state index is -0.115. The van der Waals surface area contributed by atoms with Crippen LogP contribution in [0.1, 0.15) is 69.4 Å². The van der Waals surface area contributed by atoms with Gasteiger partial charge in [-0.3, -0.25) is 9.55 Å². The molecule has 2 heterocycles. The highest BCUT2D eigenvalue weighted by Crippen LogP contribution is 2.42. The fourth-order valence-electron chi connectivity index (χ4n) is 6.32. The summed E-state index contributed by atoms with van der Waals surface area (Å²) in [5.74, 6) is 0.934. The highest BCUT2D eigenvalue weighted by atomic mass is 16.3. The first-order chi connectivity index (χ1) is 21.2. The van der Waals surface area contributed by atoms with Gasteiger partial charge in [-0.15, -0.1) is 0 Å². The molecule has 1 N–H and O–H groups in total. The molecule has 6 rings (SSSR count). The molecule has 2 aromatic heterocycles. The third kappa shape index (κ3) is 5.66. The van der Waals surface area contributed by atoms with Crippen molar-refractivity contribution in [2.24, 2.45) is 0 Å². The number of aromatic nitrogens is 3. The Morgan fingerprint density at radius 2 is 1.27 bits per heavy atom. The number of phenolic OH excluding ortho intramolecular Hbond substituents is 1. The number of hydrogen-bond acceptors (Lipinski definition) is 3. The Hall–Kier alpha value is -4.70. The Morgan fingerprint density at radius 3 is 1.89 bits per heavy atom. The van der Waals surface area contributed by atoms with Gasteiger partial charge < -0.3 is 5.11 Å². The normalized spacial score (nSPS) is 12.2. The first kappa shape index (κ1) is 30.3. The van der Waals surface area contributed by atoms with Crippen molar-refractivity contribution in [3.05, 3.63) is 119 Å². The summed E-state index contributed by atoms with van der Waals surface area (Å²) in [6.07, 6.45) is 1.85. The molecule has 0 amide bonds. The molecule has 4 nitrogen and oxygen atoms in total. The van der Waals surface area contributed by atoms with E-state index in [0.29, 0.717) is 5.56 Å². The van der Waals surface area contributed by atoms with Crippen molar-refractivity contribution in [3.8, 4) is 45.2 Å². The molecule has 0 radical (unpaired) electrons. The minimum Gasteiger partial charge on any atom is -0.507 e. The van der Waals surface area contributed by atoms with Crippen LogP contribution in [0.3, 0.4) is 0 Å². The predicted molar refractivity (Wildman–Crippen MR) is 188 cm³/mol. The molecular weight excluding hydrogens is 550 g/mol. The topological polar surface area (TPSA) is 50.9 Å². The second kappa shape index (κ2) is 11.0. The molecule has 0 aliphatic carbocycles. The van der Waals surface area contributed by atoms with E-state index in [1.807, 2.05) is 36.5 Å². The number of rotatable bonds is 4. The van der Waals surface area contributed by atoms with E-state index >= 15 is 0 Å². The predicted octanol–water partition coefficient (Wildman–Crippen LogP) is 10.6. The van der Waals surface area contributed by atoms with Crippen molar-refractivity contribution < 1.29 is 5.11 Å². The maximum absolute atomic E-state index is 11.1. The molecule has 0 aliphatic heterocycles. The summed E-state index contributed by atoms with van der Waals surface area (Å²) in [6, 6.07) is 29.5. The van der Waals surface area contributed by atoms with E-state index in [1.165, 1.54) is 27.8 Å². The van der Waals surface area contributed by atoms with Crippen molar-refractivity contribution in [1.29, 1.82) is 0 Å². The van der Waals surface area contributed by atoms with Crippen molar-refractivity contribution in [3.63, 3.8) is 0 Å². The highest BCUT2D eigenvalue weighted by molar-refractivity contribution is 5.98. The van der Waals surface area contributed by atoms with Crippen LogP contribution in [-0.2, 0) is 10.8 Å². The molecule has 0 fully saturated rings. The number of aromatic hydroxyl groups is 1. The van der Waals surface area contributed by atoms with E-state index < -0.39 is 0 Å². The van der Waals surface area contributed by atoms with Gasteiger partial charge in [0.25, 0.3) is 0 Å². The fraction of sp³-hybridized carbons (Fsp3) is 0.268. The Bertz CT molecular complexity index is 2030. The lowest BCUT2D eigenvalue weighted by Gasteiger charge is -2.24. The number of imidazole rings is 1. The first-order valence-electron chi connectivity index (χ1n) is 15.7. The summed E-state index contributed by atoms with van der Waals surface area (Å²) in [7, 11) is 0. The molecule has 0 spiro atoms. The van der Waals surface area contributed by atoms with E-state index in [1.54, 1.807) is 6.07 Å². The minimum absolute atomic E-state index is 0.0727. The standard InChI is InChI=1S/C41H43N3O/c1-25-18-26(2)38(27(3)19-25)44-35-24-31(41(7,8)9)23-33(37(35)43-39(44)32-14-10-11-16-36(32)45)28-20-29(34-15-12-13-17-42-34)22-30(21-28)40(4,5)6/h10-24,45H,1-9H3. The summed E-state index contributed by atoms with van der Waals surface area (Å²) in [5.41, 5.74) is 13.7. The van der Waals surface area contributed by atoms with Crippen LogP contribution in [0.15, 0.2) is 91.1 Å². The van der Waals surface area contributed by atoms with Gasteiger partial charge in [0.15, 0.2) is 0 Å². The molecule has 0 saturated carbocycles. The Morgan fingerprint density at radius 1 is 0.644 bits per heavy atom. The van der Waals surface area contributed by atoms with Gasteiger partial charge in [0, 0.05) is 17.3 Å². The quantitative estimate of drug-likeness (QED) is 0.221. The van der Waals surface area contributed by atoms with Gasteiger partial charge in [0.1, 0.15) is 11.6 Å². The molecule has 0 atom stereocenters. The summed E-state index contributed by atoms with van der Waals surface area (Å²) in [4.78, 5) is 10.1. The fourth-order valence-corrected chi connectivity index (χ4v) is 6.32. The first-order valence-corrected chi connectivity index (χ1v) is 15.7. The Kier molecular flexibility index (Phi) is 7.43. The van der Waals surface area contributed by atoms with Gasteiger partial charge in [-0.2, -0.15) is 0 Å². The van der Waals surface area contributed by atoms with Crippen LogP contribution < -0.4 is 0 Å². The molecule has 4 aromatic carbocycles. The molecule has 45 heavy (non-hydrogen) atoms. The summed E-state index contributed by atoms with van der Waals surface area (Å²) in [5, 5.41) is 11.1. The number of aryl methyl sites for hydroxylation is 3. The maximum Gasteiger partial charge on any atom is 0.149 e. The Balaban J connectivity index is 1.78. The lowest BCUT2D eigenvalue weighted by atomic mass is 9.82. The van der Waals surface area contributed by atoms with Crippen molar-refractivity contribution in [2.75, 3.05) is 0 Å². The van der Waals surface area contributed by atoms with Gasteiger partial charge in [-0.1, -0.05) is 83.5 Å². The van der Waals surface area contributed by atoms with Crippen LogP contribution in [0, 0.1) is 20.8 Å². The zero-order valence-electron chi connectivity index (χ0n) is 27.9. The van der Waals surface area contributed by atoms with E-state index in [-0.39, 0.29) is 16.6 Å². The van der Waals surface area contributed by atoms with Crippen LogP contribution in [0.4, 0.5) is 0 Å². The molecular formula is C41H43N3O. The number of fused-ring (bicyclic) bond motifs is 1. The second-order valence-electron chi connectivity index (χ2n) is 14.4. The van der Waals surface area contributed by atoms with E-state index in [0.717, 1.165) is 44.9 Å². The monoisotopic (exact) mass is 593 g/mol. The van der Waals surface area contributed by atoms with Crippen LogP contribution in [0.2, 0.25) is 0 Å². The average Bonchev–Trinajstić information content (AvgIpc) is 3.34. The summed E-state index contributed by atoms with van der Waals surface area (Å²) >= 11 is 0. The van der Waals surface area contributed by atoms with Gasteiger partial charge >= 0.3 is 0 Å². The summed E-state index contributed by atoms with van der Waals surface area (Å²) in [6.45, 7) is 20.0. The smallest absolute Gasteiger partial charge is 0.149 e. The number of para-hydroxylation sites is 1. The molecule has 0 saturated heterocycles. The maximum atomic E-state index is 11.1. The van der Waals surface area contributed by atoms with E-state index in [4.69, 9.17) is 9.97 Å². The molecule has 0 aliphatic rings. The van der Waals surface area contributed by atoms with Gasteiger partial charge in [0.05, 0.1) is 28.0 Å². The van der Waals surface area contributed by atoms with Gasteiger partial charge in [0.2, 0.25) is 0 Å². The van der Waals surface area contributed by atoms with Crippen LogP contribution in [0.25, 0.3) is 50.5 Å². The lowest BCUT2D eigenvalue weighted by molar-refractivity contribution is 0.477. The number of phenols is 1.